The van der Waals surface area contributed by atoms with E-state index in [1.54, 1.807) is 6.07 Å². The van der Waals surface area contributed by atoms with Crippen LogP contribution in [0.25, 0.3) is 0 Å². The third kappa shape index (κ3) is 4.66. The van der Waals surface area contributed by atoms with Crippen LogP contribution in [0, 0.1) is 22.2 Å². The Balaban J connectivity index is 1.28. The number of carbonyl (C=O) groups excluding carboxylic acids is 3. The summed E-state index contributed by atoms with van der Waals surface area (Å²) in [5.74, 6) is -0.0675. The van der Waals surface area contributed by atoms with Crippen LogP contribution >= 0.6 is 0 Å². The van der Waals surface area contributed by atoms with Gasteiger partial charge in [-0.15, -0.1) is 0 Å². The van der Waals surface area contributed by atoms with Crippen molar-refractivity contribution in [1.82, 2.24) is 5.32 Å². The number of hydrogen-bond acceptors (Lipinski definition) is 5. The molecule has 0 radical (unpaired) electrons. The number of carbonyl (C=O) groups is 3. The van der Waals surface area contributed by atoms with Gasteiger partial charge in [-0.2, -0.15) is 0 Å². The van der Waals surface area contributed by atoms with Crippen LogP contribution in [0.4, 0.5) is 5.69 Å². The Morgan fingerprint density at radius 2 is 1.56 bits per heavy atom. The number of aromatic hydroxyl groups is 1. The Morgan fingerprint density at radius 1 is 0.844 bits per heavy atom. The number of benzene rings is 2. The van der Waals surface area contributed by atoms with Crippen molar-refractivity contribution in [3.63, 3.8) is 0 Å². The van der Waals surface area contributed by atoms with Crippen molar-refractivity contribution in [2.24, 2.45) is 27.9 Å². The third-order valence-electron chi connectivity index (χ3n) is 13.6. The lowest BCUT2D eigenvalue weighted by Crippen LogP contribution is -2.64. The summed E-state index contributed by atoms with van der Waals surface area (Å²) in [5.41, 5.74) is 8.91. The van der Waals surface area contributed by atoms with Gasteiger partial charge in [0.05, 0.1) is 10.8 Å². The summed E-state index contributed by atoms with van der Waals surface area (Å²) in [7, 11) is 0. The SMILES string of the molecule is CC12CCc3ccc(O)cc3[C@@]1(C)CCC[C@]2(C)C(=O)NC(=O)[C@@]1(C)CCC[C@]2(C)c3cc(NC(=O)CCN)ccc3CC[C@@H]12. The van der Waals surface area contributed by atoms with E-state index >= 15 is 0 Å². The Morgan fingerprint density at radius 3 is 2.31 bits per heavy atom. The second-order valence-electron chi connectivity index (χ2n) is 15.7. The second-order valence-corrected chi connectivity index (χ2v) is 15.7. The maximum Gasteiger partial charge on any atom is 0.233 e. The van der Waals surface area contributed by atoms with Crippen molar-refractivity contribution in [3.8, 4) is 5.75 Å². The molecule has 0 saturated heterocycles. The summed E-state index contributed by atoms with van der Waals surface area (Å²) in [6, 6.07) is 11.9. The molecular formula is C38H51N3O4. The van der Waals surface area contributed by atoms with Gasteiger partial charge in [-0.1, -0.05) is 59.6 Å². The first-order valence-electron chi connectivity index (χ1n) is 17.0. The van der Waals surface area contributed by atoms with E-state index in [9.17, 15) is 19.5 Å². The molecule has 2 aromatic carbocycles. The number of amides is 3. The number of imide groups is 1. The van der Waals surface area contributed by atoms with Gasteiger partial charge in [-0.25, -0.2) is 0 Å². The van der Waals surface area contributed by atoms with E-state index < -0.39 is 10.8 Å². The molecule has 4 aliphatic carbocycles. The maximum atomic E-state index is 14.5. The molecule has 45 heavy (non-hydrogen) atoms. The summed E-state index contributed by atoms with van der Waals surface area (Å²) in [6.45, 7) is 11.2. The highest BCUT2D eigenvalue weighted by Gasteiger charge is 2.64. The van der Waals surface area contributed by atoms with Crippen LogP contribution in [0.5, 0.6) is 5.75 Å². The number of anilines is 1. The molecule has 3 amide bonds. The standard InChI is InChI=1S/C38H51N3O4/c1-34-16-6-17-35(2,30(34)13-10-24-8-11-26(22-28(24)34)40-31(43)15-21-39)32(44)41-33(45)37(4)19-7-18-36(3)29-23-27(42)12-9-25(29)14-20-38(36,37)5/h8-9,11-12,22-23,30,42H,6-7,10,13-21,39H2,1-5H3,(H,40,43)(H,41,44,45)/t30-,34-,35+,36-,37-,38?/m1/s1. The molecule has 7 nitrogen and oxygen atoms in total. The quantitative estimate of drug-likeness (QED) is 0.290. The van der Waals surface area contributed by atoms with Crippen LogP contribution in [-0.4, -0.2) is 29.4 Å². The monoisotopic (exact) mass is 613 g/mol. The Hall–Kier alpha value is -3.19. The van der Waals surface area contributed by atoms with Crippen molar-refractivity contribution in [3.05, 3.63) is 58.7 Å². The van der Waals surface area contributed by atoms with Gasteiger partial charge < -0.3 is 16.2 Å². The van der Waals surface area contributed by atoms with Gasteiger partial charge >= 0.3 is 0 Å². The first kappa shape index (κ1) is 31.8. The molecule has 5 N–H and O–H groups in total. The van der Waals surface area contributed by atoms with E-state index in [1.807, 2.05) is 18.2 Å². The number of phenols is 1. The summed E-state index contributed by atoms with van der Waals surface area (Å²) in [5, 5.41) is 16.5. The van der Waals surface area contributed by atoms with Crippen LogP contribution in [0.3, 0.4) is 0 Å². The van der Waals surface area contributed by atoms with Gasteiger partial charge in [0.1, 0.15) is 5.75 Å². The van der Waals surface area contributed by atoms with Gasteiger partial charge in [0.25, 0.3) is 0 Å². The average Bonchev–Trinajstić information content (AvgIpc) is 2.99. The van der Waals surface area contributed by atoms with Crippen molar-refractivity contribution >= 4 is 23.4 Å². The van der Waals surface area contributed by atoms with Gasteiger partial charge in [-0.05, 0) is 120 Å². The maximum absolute atomic E-state index is 14.5. The number of rotatable bonds is 5. The highest BCUT2D eigenvalue weighted by atomic mass is 16.3. The van der Waals surface area contributed by atoms with E-state index in [2.05, 4.69) is 57.4 Å². The van der Waals surface area contributed by atoms with Crippen LogP contribution in [-0.2, 0) is 38.1 Å². The summed E-state index contributed by atoms with van der Waals surface area (Å²) < 4.78 is 0. The van der Waals surface area contributed by atoms with Crippen molar-refractivity contribution in [2.45, 2.75) is 116 Å². The number of nitrogens with one attached hydrogen (secondary N) is 2. The number of hydrogen-bond donors (Lipinski definition) is 4. The zero-order chi connectivity index (χ0) is 32.4. The lowest BCUT2D eigenvalue weighted by Gasteiger charge is -2.62. The average molecular weight is 614 g/mol. The van der Waals surface area contributed by atoms with Crippen LogP contribution in [0.15, 0.2) is 36.4 Å². The molecule has 6 rings (SSSR count). The largest absolute Gasteiger partial charge is 0.508 e. The molecule has 4 aliphatic rings. The summed E-state index contributed by atoms with van der Waals surface area (Å²) in [6.07, 6.45) is 8.89. The first-order chi connectivity index (χ1) is 21.2. The molecule has 0 aliphatic heterocycles. The van der Waals surface area contributed by atoms with Crippen LogP contribution in [0.2, 0.25) is 0 Å². The van der Waals surface area contributed by atoms with E-state index in [1.165, 1.54) is 16.7 Å². The summed E-state index contributed by atoms with van der Waals surface area (Å²) >= 11 is 0. The smallest absolute Gasteiger partial charge is 0.233 e. The first-order valence-corrected chi connectivity index (χ1v) is 17.0. The molecule has 7 heteroatoms. The molecule has 0 heterocycles. The van der Waals surface area contributed by atoms with E-state index in [0.29, 0.717) is 6.54 Å². The molecular weight excluding hydrogens is 562 g/mol. The third-order valence-corrected chi connectivity index (χ3v) is 13.6. The van der Waals surface area contributed by atoms with E-state index in [-0.39, 0.29) is 52.1 Å². The van der Waals surface area contributed by atoms with Crippen LogP contribution in [0.1, 0.15) is 115 Å². The number of fused-ring (bicyclic) bond motifs is 6. The highest BCUT2D eigenvalue weighted by molar-refractivity contribution is 6.01. The van der Waals surface area contributed by atoms with Crippen molar-refractivity contribution in [2.75, 3.05) is 11.9 Å². The highest BCUT2D eigenvalue weighted by Crippen LogP contribution is 2.66. The van der Waals surface area contributed by atoms with Gasteiger partial charge in [-0.3, -0.25) is 19.7 Å². The lowest BCUT2D eigenvalue weighted by molar-refractivity contribution is -0.157. The number of phenolic OH excluding ortho intramolecular Hbond substituents is 1. The minimum Gasteiger partial charge on any atom is -0.508 e. The minimum absolute atomic E-state index is 0.0681. The molecule has 2 aromatic rings. The number of aryl methyl sites for hydroxylation is 2. The number of nitrogens with two attached hydrogens (primary N) is 1. The fraction of sp³-hybridized carbons (Fsp3) is 0.605. The zero-order valence-corrected chi connectivity index (χ0v) is 27.8. The molecule has 6 atom stereocenters. The fourth-order valence-electron chi connectivity index (χ4n) is 10.5. The van der Waals surface area contributed by atoms with Gasteiger partial charge in [0.2, 0.25) is 17.7 Å². The van der Waals surface area contributed by atoms with E-state index in [4.69, 9.17) is 5.73 Å². The molecule has 0 spiro atoms. The Labute approximate surface area is 268 Å². The van der Waals surface area contributed by atoms with Gasteiger partial charge in [0.15, 0.2) is 0 Å². The van der Waals surface area contributed by atoms with Gasteiger partial charge in [0, 0.05) is 18.7 Å². The van der Waals surface area contributed by atoms with Crippen molar-refractivity contribution < 1.29 is 19.5 Å². The Bertz CT molecular complexity index is 1550. The van der Waals surface area contributed by atoms with Crippen molar-refractivity contribution in [1.29, 1.82) is 0 Å². The normalized spacial score (nSPS) is 35.2. The Kier molecular flexibility index (Phi) is 7.74. The molecule has 0 aromatic heterocycles. The predicted molar refractivity (Wildman–Crippen MR) is 177 cm³/mol. The lowest BCUT2D eigenvalue weighted by atomic mass is 9.41. The van der Waals surface area contributed by atoms with Crippen LogP contribution < -0.4 is 16.4 Å². The topological polar surface area (TPSA) is 122 Å². The molecule has 0 bridgehead atoms. The molecule has 1 unspecified atom stereocenters. The molecule has 242 valence electrons. The molecule has 2 fully saturated rings. The minimum atomic E-state index is -0.733. The second kappa shape index (κ2) is 11.0. The predicted octanol–water partition coefficient (Wildman–Crippen LogP) is 6.43. The fourth-order valence-corrected chi connectivity index (χ4v) is 10.5. The summed E-state index contributed by atoms with van der Waals surface area (Å²) in [4.78, 5) is 41.3. The van der Waals surface area contributed by atoms with E-state index in [0.717, 1.165) is 75.5 Å². The molecule has 2 saturated carbocycles. The zero-order valence-electron chi connectivity index (χ0n) is 27.8.